The van der Waals surface area contributed by atoms with E-state index in [2.05, 4.69) is 4.98 Å². The summed E-state index contributed by atoms with van der Waals surface area (Å²) in [7, 11) is 1.57. The van der Waals surface area contributed by atoms with E-state index in [1.54, 1.807) is 25.7 Å². The molecule has 0 radical (unpaired) electrons. The maximum atomic E-state index is 10.7. The maximum absolute atomic E-state index is 10.7. The number of hydrogen-bond acceptors (Lipinski definition) is 5. The first-order valence-corrected chi connectivity index (χ1v) is 10.5. The molecule has 4 aromatic rings. The number of benzene rings is 2. The van der Waals surface area contributed by atoms with E-state index in [-0.39, 0.29) is 19.6 Å². The largest absolute Gasteiger partial charge is 0.496 e. The number of fused-ring (bicyclic) bond motifs is 1. The summed E-state index contributed by atoms with van der Waals surface area (Å²) in [6, 6.07) is 11.2. The van der Waals surface area contributed by atoms with E-state index in [0.717, 1.165) is 22.2 Å². The van der Waals surface area contributed by atoms with Crippen LogP contribution >= 0.6 is 23.2 Å². The van der Waals surface area contributed by atoms with Crippen LogP contribution in [0.1, 0.15) is 12.0 Å². The maximum Gasteiger partial charge on any atom is 0.305 e. The third-order valence-electron chi connectivity index (χ3n) is 4.93. The summed E-state index contributed by atoms with van der Waals surface area (Å²) in [6.07, 6.45) is 5.18. The van der Waals surface area contributed by atoms with Crippen LogP contribution in [-0.4, -0.2) is 39.3 Å². The standard InChI is InChI=1S/C23H19Cl2N3O4/c1-31-20-5-2-14(10-15(20)12-32-9-6-21(29)30)18-11-19(28-8-7-26-13-28)16-3-4-17(24)22(25)23(16)27-18/h2-5,7-8,10-11,13H,6,9,12H2,1H3,(H,29,30). The van der Waals surface area contributed by atoms with Crippen molar-refractivity contribution in [3.63, 3.8) is 0 Å². The summed E-state index contributed by atoms with van der Waals surface area (Å²) in [5.74, 6) is -0.269. The predicted octanol–water partition coefficient (Wildman–Crippen LogP) is 5.39. The number of aliphatic carboxylic acids is 1. The quantitative estimate of drug-likeness (QED) is 0.346. The zero-order chi connectivity index (χ0) is 22.7. The fourth-order valence-electron chi connectivity index (χ4n) is 3.37. The van der Waals surface area contributed by atoms with Crippen LogP contribution in [-0.2, 0) is 16.1 Å². The number of rotatable bonds is 8. The fraction of sp³-hybridized carbons (Fsp3) is 0.174. The van der Waals surface area contributed by atoms with Gasteiger partial charge in [0.2, 0.25) is 0 Å². The molecule has 164 valence electrons. The van der Waals surface area contributed by atoms with Crippen LogP contribution in [0.25, 0.3) is 27.8 Å². The lowest BCUT2D eigenvalue weighted by atomic mass is 10.0. The van der Waals surface area contributed by atoms with Crippen LogP contribution in [0.4, 0.5) is 0 Å². The topological polar surface area (TPSA) is 86.5 Å². The summed E-state index contributed by atoms with van der Waals surface area (Å²) in [4.78, 5) is 19.7. The molecule has 0 aliphatic heterocycles. The van der Waals surface area contributed by atoms with Gasteiger partial charge in [0, 0.05) is 28.9 Å². The summed E-state index contributed by atoms with van der Waals surface area (Å²) in [5.41, 5.74) is 3.71. The molecule has 0 spiro atoms. The fourth-order valence-corrected chi connectivity index (χ4v) is 3.73. The number of pyridine rings is 1. The van der Waals surface area contributed by atoms with Crippen molar-refractivity contribution >= 4 is 40.1 Å². The Balaban J connectivity index is 1.80. The van der Waals surface area contributed by atoms with Gasteiger partial charge < -0.3 is 19.1 Å². The number of nitrogens with zero attached hydrogens (tertiary/aromatic N) is 3. The average Bonchev–Trinajstić information content (AvgIpc) is 3.33. The first-order chi connectivity index (χ1) is 15.5. The number of hydrogen-bond donors (Lipinski definition) is 1. The lowest BCUT2D eigenvalue weighted by molar-refractivity contribution is -0.138. The lowest BCUT2D eigenvalue weighted by Gasteiger charge is -2.14. The van der Waals surface area contributed by atoms with Gasteiger partial charge in [-0.15, -0.1) is 0 Å². The average molecular weight is 472 g/mol. The lowest BCUT2D eigenvalue weighted by Crippen LogP contribution is -2.04. The van der Waals surface area contributed by atoms with Crippen LogP contribution < -0.4 is 4.74 Å². The van der Waals surface area contributed by atoms with Crippen molar-refractivity contribution in [3.05, 3.63) is 70.7 Å². The summed E-state index contributed by atoms with van der Waals surface area (Å²) < 4.78 is 12.8. The molecule has 0 fully saturated rings. The highest BCUT2D eigenvalue weighted by Gasteiger charge is 2.15. The first-order valence-electron chi connectivity index (χ1n) is 9.72. The van der Waals surface area contributed by atoms with Crippen molar-refractivity contribution in [2.24, 2.45) is 0 Å². The van der Waals surface area contributed by atoms with E-state index in [9.17, 15) is 4.79 Å². The first kappa shape index (κ1) is 22.1. The second kappa shape index (κ2) is 9.56. The van der Waals surface area contributed by atoms with Crippen molar-refractivity contribution in [2.45, 2.75) is 13.0 Å². The van der Waals surface area contributed by atoms with Gasteiger partial charge >= 0.3 is 5.97 Å². The van der Waals surface area contributed by atoms with Crippen molar-refractivity contribution in [1.29, 1.82) is 0 Å². The Bertz CT molecular complexity index is 1280. The van der Waals surface area contributed by atoms with Gasteiger partial charge in [-0.1, -0.05) is 23.2 Å². The third kappa shape index (κ3) is 4.55. The highest BCUT2D eigenvalue weighted by Crippen LogP contribution is 2.36. The molecule has 2 heterocycles. The van der Waals surface area contributed by atoms with E-state index >= 15 is 0 Å². The van der Waals surface area contributed by atoms with E-state index in [1.165, 1.54) is 0 Å². The zero-order valence-corrected chi connectivity index (χ0v) is 18.6. The minimum Gasteiger partial charge on any atom is -0.496 e. The Hall–Kier alpha value is -3.13. The van der Waals surface area contributed by atoms with Gasteiger partial charge in [0.25, 0.3) is 0 Å². The van der Waals surface area contributed by atoms with E-state index in [1.807, 2.05) is 41.1 Å². The molecule has 2 aromatic heterocycles. The molecule has 4 rings (SSSR count). The highest BCUT2D eigenvalue weighted by atomic mass is 35.5. The second-order valence-electron chi connectivity index (χ2n) is 6.98. The summed E-state index contributed by atoms with van der Waals surface area (Å²) in [5, 5.41) is 10.4. The van der Waals surface area contributed by atoms with Gasteiger partial charge in [-0.2, -0.15) is 0 Å². The van der Waals surface area contributed by atoms with Crippen LogP contribution in [0, 0.1) is 0 Å². The number of aromatic nitrogens is 3. The number of carbonyl (C=O) groups is 1. The van der Waals surface area contributed by atoms with E-state index < -0.39 is 5.97 Å². The Labute approximate surface area is 194 Å². The monoisotopic (exact) mass is 471 g/mol. The van der Waals surface area contributed by atoms with Gasteiger partial charge in [0.1, 0.15) is 5.75 Å². The molecule has 0 aliphatic rings. The van der Waals surface area contributed by atoms with Gasteiger partial charge in [-0.3, -0.25) is 4.79 Å². The molecular weight excluding hydrogens is 453 g/mol. The molecule has 7 nitrogen and oxygen atoms in total. The second-order valence-corrected chi connectivity index (χ2v) is 7.76. The van der Waals surface area contributed by atoms with Gasteiger partial charge in [0.15, 0.2) is 0 Å². The summed E-state index contributed by atoms with van der Waals surface area (Å²) in [6.45, 7) is 0.314. The van der Waals surface area contributed by atoms with Gasteiger partial charge in [-0.05, 0) is 36.4 Å². The van der Waals surface area contributed by atoms with Crippen molar-refractivity contribution in [3.8, 4) is 22.7 Å². The van der Waals surface area contributed by atoms with Crippen LogP contribution in [0.5, 0.6) is 5.75 Å². The molecule has 0 unspecified atom stereocenters. The smallest absolute Gasteiger partial charge is 0.305 e. The van der Waals surface area contributed by atoms with Gasteiger partial charge in [-0.25, -0.2) is 9.97 Å². The molecule has 0 aliphatic carbocycles. The van der Waals surface area contributed by atoms with E-state index in [0.29, 0.717) is 27.0 Å². The normalized spacial score (nSPS) is 11.1. The molecule has 0 saturated carbocycles. The molecule has 0 saturated heterocycles. The Kier molecular flexibility index (Phi) is 6.60. The van der Waals surface area contributed by atoms with Crippen LogP contribution in [0.3, 0.4) is 0 Å². The van der Waals surface area contributed by atoms with Crippen molar-refractivity contribution < 1.29 is 19.4 Å². The number of ether oxygens (including phenoxy) is 2. The van der Waals surface area contributed by atoms with E-state index in [4.69, 9.17) is 42.8 Å². The number of methoxy groups -OCH3 is 1. The Morgan fingerprint density at radius 3 is 2.75 bits per heavy atom. The summed E-state index contributed by atoms with van der Waals surface area (Å²) >= 11 is 12.8. The number of carboxylic acid groups (broad SMARTS) is 1. The molecular formula is C23H19Cl2N3O4. The number of carboxylic acids is 1. The van der Waals surface area contributed by atoms with Crippen LogP contribution in [0.2, 0.25) is 10.0 Å². The SMILES string of the molecule is COc1ccc(-c2cc(-n3ccnc3)c3ccc(Cl)c(Cl)c3n2)cc1COCCC(=O)O. The number of halogens is 2. The molecule has 0 bridgehead atoms. The van der Waals surface area contributed by atoms with Crippen molar-refractivity contribution in [1.82, 2.24) is 14.5 Å². The molecule has 1 N–H and O–H groups in total. The van der Waals surface area contributed by atoms with Gasteiger partial charge in [0.05, 0.1) is 60.0 Å². The third-order valence-corrected chi connectivity index (χ3v) is 5.72. The Morgan fingerprint density at radius 2 is 2.03 bits per heavy atom. The molecule has 2 aromatic carbocycles. The zero-order valence-electron chi connectivity index (χ0n) is 17.1. The number of imidazole rings is 1. The molecule has 0 amide bonds. The minimum atomic E-state index is -0.909. The predicted molar refractivity (Wildman–Crippen MR) is 123 cm³/mol. The highest BCUT2D eigenvalue weighted by molar-refractivity contribution is 6.45. The molecule has 0 atom stereocenters. The minimum absolute atomic E-state index is 0.0677. The van der Waals surface area contributed by atoms with Crippen molar-refractivity contribution in [2.75, 3.05) is 13.7 Å². The van der Waals surface area contributed by atoms with Crippen LogP contribution in [0.15, 0.2) is 55.1 Å². The molecule has 9 heteroatoms. The Morgan fingerprint density at radius 1 is 1.19 bits per heavy atom. The molecule has 32 heavy (non-hydrogen) atoms.